The molecule has 0 bridgehead atoms. The maximum Gasteiger partial charge on any atom is 0.161 e. The summed E-state index contributed by atoms with van der Waals surface area (Å²) in [4.78, 5) is 0. The van der Waals surface area contributed by atoms with Crippen molar-refractivity contribution in [2.45, 2.75) is 32.7 Å². The van der Waals surface area contributed by atoms with Crippen LogP contribution in [0.2, 0.25) is 0 Å². The van der Waals surface area contributed by atoms with E-state index >= 15 is 0 Å². The lowest BCUT2D eigenvalue weighted by Gasteiger charge is -2.24. The molecule has 17 heavy (non-hydrogen) atoms. The highest BCUT2D eigenvalue weighted by molar-refractivity contribution is 5.44. The van der Waals surface area contributed by atoms with Crippen LogP contribution in [0.3, 0.4) is 0 Å². The van der Waals surface area contributed by atoms with E-state index in [-0.39, 0.29) is 6.04 Å². The van der Waals surface area contributed by atoms with Gasteiger partial charge in [-0.15, -0.1) is 0 Å². The van der Waals surface area contributed by atoms with E-state index in [0.29, 0.717) is 19.1 Å². The number of ether oxygens (including phenoxy) is 2. The first-order valence-electron chi connectivity index (χ1n) is 6.41. The van der Waals surface area contributed by atoms with E-state index < -0.39 is 0 Å². The summed E-state index contributed by atoms with van der Waals surface area (Å²) in [5, 5.41) is 0. The molecule has 0 fully saturated rings. The summed E-state index contributed by atoms with van der Waals surface area (Å²) < 4.78 is 11.1. The molecule has 1 atom stereocenters. The van der Waals surface area contributed by atoms with Crippen LogP contribution in [0.15, 0.2) is 18.2 Å². The maximum absolute atomic E-state index is 6.30. The second-order valence-electron chi connectivity index (χ2n) is 4.51. The number of benzene rings is 1. The maximum atomic E-state index is 6.30. The van der Waals surface area contributed by atoms with E-state index in [0.717, 1.165) is 29.9 Å². The Kier molecular flexibility index (Phi) is 3.89. The van der Waals surface area contributed by atoms with E-state index in [1.54, 1.807) is 0 Å². The molecule has 3 heteroatoms. The number of hydrogen-bond donors (Lipinski definition) is 1. The Morgan fingerprint density at radius 3 is 2.41 bits per heavy atom. The molecule has 3 nitrogen and oxygen atoms in total. The van der Waals surface area contributed by atoms with E-state index in [9.17, 15) is 0 Å². The first kappa shape index (κ1) is 12.2. The monoisotopic (exact) mass is 235 g/mol. The van der Waals surface area contributed by atoms with Gasteiger partial charge in [-0.3, -0.25) is 0 Å². The Bertz CT molecular complexity index is 374. The molecule has 0 amide bonds. The third kappa shape index (κ3) is 2.55. The molecular weight excluding hydrogens is 214 g/mol. The first-order valence-corrected chi connectivity index (χ1v) is 6.41. The molecule has 1 aliphatic heterocycles. The minimum atomic E-state index is 0.0841. The number of fused-ring (bicyclic) bond motifs is 1. The lowest BCUT2D eigenvalue weighted by atomic mass is 9.89. The highest BCUT2D eigenvalue weighted by Gasteiger charge is 2.19. The largest absolute Gasteiger partial charge is 0.486 e. The van der Waals surface area contributed by atoms with Gasteiger partial charge in [0.05, 0.1) is 0 Å². The lowest BCUT2D eigenvalue weighted by Crippen LogP contribution is -2.21. The molecule has 94 valence electrons. The molecule has 1 heterocycles. The van der Waals surface area contributed by atoms with Crippen LogP contribution in [0.4, 0.5) is 0 Å². The van der Waals surface area contributed by atoms with Crippen molar-refractivity contribution in [1.82, 2.24) is 0 Å². The predicted octanol–water partition coefficient (Wildman–Crippen LogP) is 2.89. The average Bonchev–Trinajstić information content (AvgIpc) is 2.39. The number of nitrogens with two attached hydrogens (primary N) is 1. The molecule has 2 N–H and O–H groups in total. The molecule has 1 aliphatic rings. The smallest absolute Gasteiger partial charge is 0.161 e. The van der Waals surface area contributed by atoms with E-state index in [4.69, 9.17) is 15.2 Å². The van der Waals surface area contributed by atoms with Gasteiger partial charge in [0.1, 0.15) is 13.2 Å². The molecule has 0 radical (unpaired) electrons. The Balaban J connectivity index is 2.21. The van der Waals surface area contributed by atoms with Crippen LogP contribution in [0.5, 0.6) is 11.5 Å². The molecule has 0 aliphatic carbocycles. The summed E-state index contributed by atoms with van der Waals surface area (Å²) in [7, 11) is 0. The fourth-order valence-corrected chi connectivity index (χ4v) is 2.34. The highest BCUT2D eigenvalue weighted by Crippen LogP contribution is 2.34. The minimum Gasteiger partial charge on any atom is -0.486 e. The SMILES string of the molecule is CCC(CC)C(N)c1ccc2c(c1)OCCO2. The topological polar surface area (TPSA) is 44.5 Å². The number of hydrogen-bond acceptors (Lipinski definition) is 3. The first-order chi connectivity index (χ1) is 8.26. The third-order valence-corrected chi connectivity index (χ3v) is 3.51. The van der Waals surface area contributed by atoms with Crippen LogP contribution in [0, 0.1) is 5.92 Å². The summed E-state index contributed by atoms with van der Waals surface area (Å²) in [6.45, 7) is 5.62. The molecule has 0 saturated carbocycles. The summed E-state index contributed by atoms with van der Waals surface area (Å²) in [5.41, 5.74) is 7.44. The van der Waals surface area contributed by atoms with Crippen molar-refractivity contribution < 1.29 is 9.47 Å². The van der Waals surface area contributed by atoms with Gasteiger partial charge in [-0.1, -0.05) is 32.8 Å². The zero-order chi connectivity index (χ0) is 12.3. The van der Waals surface area contributed by atoms with Gasteiger partial charge in [0, 0.05) is 6.04 Å². The van der Waals surface area contributed by atoms with E-state index in [1.807, 2.05) is 12.1 Å². The van der Waals surface area contributed by atoms with Crippen molar-refractivity contribution >= 4 is 0 Å². The van der Waals surface area contributed by atoms with E-state index in [2.05, 4.69) is 19.9 Å². The van der Waals surface area contributed by atoms with Crippen LogP contribution >= 0.6 is 0 Å². The third-order valence-electron chi connectivity index (χ3n) is 3.51. The van der Waals surface area contributed by atoms with Crippen molar-refractivity contribution in [3.8, 4) is 11.5 Å². The van der Waals surface area contributed by atoms with Gasteiger partial charge in [0.2, 0.25) is 0 Å². The van der Waals surface area contributed by atoms with Gasteiger partial charge in [-0.05, 0) is 23.6 Å². The standard InChI is InChI=1S/C14H21NO2/c1-3-10(4-2)14(15)11-5-6-12-13(9-11)17-8-7-16-12/h5-6,9-10,14H,3-4,7-8,15H2,1-2H3. The summed E-state index contributed by atoms with van der Waals surface area (Å²) in [6.07, 6.45) is 2.21. The average molecular weight is 235 g/mol. The highest BCUT2D eigenvalue weighted by atomic mass is 16.6. The van der Waals surface area contributed by atoms with Crippen molar-refractivity contribution in [1.29, 1.82) is 0 Å². The minimum absolute atomic E-state index is 0.0841. The Hall–Kier alpha value is -1.22. The van der Waals surface area contributed by atoms with Gasteiger partial charge >= 0.3 is 0 Å². The van der Waals surface area contributed by atoms with Crippen molar-refractivity contribution in [3.05, 3.63) is 23.8 Å². The van der Waals surface area contributed by atoms with E-state index in [1.165, 1.54) is 0 Å². The molecule has 0 saturated heterocycles. The molecular formula is C14H21NO2. The Morgan fingerprint density at radius 1 is 1.12 bits per heavy atom. The Morgan fingerprint density at radius 2 is 1.76 bits per heavy atom. The zero-order valence-electron chi connectivity index (χ0n) is 10.6. The number of rotatable bonds is 4. The molecule has 2 rings (SSSR count). The quantitative estimate of drug-likeness (QED) is 0.872. The van der Waals surface area contributed by atoms with Crippen molar-refractivity contribution in [2.75, 3.05) is 13.2 Å². The zero-order valence-corrected chi connectivity index (χ0v) is 10.6. The normalized spacial score (nSPS) is 16.0. The molecule has 1 unspecified atom stereocenters. The summed E-state index contributed by atoms with van der Waals surface area (Å²) >= 11 is 0. The van der Waals surface area contributed by atoms with Crippen LogP contribution in [0.1, 0.15) is 38.3 Å². The summed E-state index contributed by atoms with van der Waals surface area (Å²) in [6, 6.07) is 6.13. The van der Waals surface area contributed by atoms with Crippen LogP contribution in [0.25, 0.3) is 0 Å². The predicted molar refractivity (Wildman–Crippen MR) is 68.4 cm³/mol. The second kappa shape index (κ2) is 5.41. The van der Waals surface area contributed by atoms with Crippen LogP contribution in [-0.4, -0.2) is 13.2 Å². The van der Waals surface area contributed by atoms with Crippen LogP contribution in [-0.2, 0) is 0 Å². The molecule has 0 spiro atoms. The fraction of sp³-hybridized carbons (Fsp3) is 0.571. The lowest BCUT2D eigenvalue weighted by molar-refractivity contribution is 0.171. The van der Waals surface area contributed by atoms with Crippen molar-refractivity contribution in [2.24, 2.45) is 11.7 Å². The van der Waals surface area contributed by atoms with Gasteiger partial charge in [-0.25, -0.2) is 0 Å². The molecule has 1 aromatic carbocycles. The molecule has 0 aromatic heterocycles. The van der Waals surface area contributed by atoms with Crippen LogP contribution < -0.4 is 15.2 Å². The second-order valence-corrected chi connectivity index (χ2v) is 4.51. The van der Waals surface area contributed by atoms with Crippen molar-refractivity contribution in [3.63, 3.8) is 0 Å². The fourth-order valence-electron chi connectivity index (χ4n) is 2.34. The van der Waals surface area contributed by atoms with Gasteiger partial charge in [0.15, 0.2) is 11.5 Å². The van der Waals surface area contributed by atoms with Gasteiger partial charge in [0.25, 0.3) is 0 Å². The summed E-state index contributed by atoms with van der Waals surface area (Å²) in [5.74, 6) is 2.18. The molecule has 1 aromatic rings. The van der Waals surface area contributed by atoms with Gasteiger partial charge < -0.3 is 15.2 Å². The Labute approximate surface area is 103 Å². The van der Waals surface area contributed by atoms with Gasteiger partial charge in [-0.2, -0.15) is 0 Å².